The number of nitrogens with zero attached hydrogens (tertiary/aromatic N) is 2. The van der Waals surface area contributed by atoms with E-state index in [1.165, 1.54) is 18.6 Å². The van der Waals surface area contributed by atoms with Crippen molar-refractivity contribution >= 4 is 0 Å². The Morgan fingerprint density at radius 1 is 1.46 bits per heavy atom. The van der Waals surface area contributed by atoms with Crippen LogP contribution in [0, 0.1) is 0 Å². The van der Waals surface area contributed by atoms with Gasteiger partial charge in [-0.2, -0.15) is 0 Å². The first kappa shape index (κ1) is 10.0. The Labute approximate surface area is 75.7 Å². The van der Waals surface area contributed by atoms with Crippen molar-refractivity contribution in [2.75, 3.05) is 0 Å². The number of hydrogen-bond acceptors (Lipinski definition) is 5. The zero-order chi connectivity index (χ0) is 9.90. The summed E-state index contributed by atoms with van der Waals surface area (Å²) in [7, 11) is 0. The predicted octanol–water partition coefficient (Wildman–Crippen LogP) is -0.615. The second kappa shape index (κ2) is 3.78. The second-order valence-corrected chi connectivity index (χ2v) is 2.74. The minimum Gasteiger partial charge on any atom is -0.387 e. The van der Waals surface area contributed by atoms with Crippen molar-refractivity contribution in [1.29, 1.82) is 0 Å². The highest BCUT2D eigenvalue weighted by Crippen LogP contribution is 2.20. The van der Waals surface area contributed by atoms with E-state index in [2.05, 4.69) is 9.97 Å². The average molecular weight is 184 g/mol. The SMILES string of the molecule is CCC(O)C(O)(O)c1cnccn1. The maximum atomic E-state index is 9.46. The van der Waals surface area contributed by atoms with Crippen molar-refractivity contribution < 1.29 is 15.3 Å². The van der Waals surface area contributed by atoms with Gasteiger partial charge in [-0.3, -0.25) is 9.97 Å². The van der Waals surface area contributed by atoms with Crippen molar-refractivity contribution in [1.82, 2.24) is 9.97 Å². The molecule has 0 fully saturated rings. The number of hydrogen-bond donors (Lipinski definition) is 3. The van der Waals surface area contributed by atoms with Crippen molar-refractivity contribution in [2.45, 2.75) is 25.2 Å². The molecule has 0 spiro atoms. The minimum absolute atomic E-state index is 0.0515. The summed E-state index contributed by atoms with van der Waals surface area (Å²) < 4.78 is 0. The van der Waals surface area contributed by atoms with E-state index in [1.54, 1.807) is 6.92 Å². The number of rotatable bonds is 3. The first-order valence-electron chi connectivity index (χ1n) is 3.98. The summed E-state index contributed by atoms with van der Waals surface area (Å²) in [6, 6.07) is 0. The minimum atomic E-state index is -2.32. The summed E-state index contributed by atoms with van der Waals surface area (Å²) in [5, 5.41) is 28.2. The Morgan fingerprint density at radius 3 is 2.62 bits per heavy atom. The van der Waals surface area contributed by atoms with Crippen LogP contribution in [0.4, 0.5) is 0 Å². The van der Waals surface area contributed by atoms with E-state index in [-0.39, 0.29) is 12.1 Å². The molecule has 0 aliphatic rings. The van der Waals surface area contributed by atoms with Crippen LogP contribution < -0.4 is 0 Å². The summed E-state index contributed by atoms with van der Waals surface area (Å²) in [5.41, 5.74) is -0.0515. The molecule has 0 saturated heterocycles. The summed E-state index contributed by atoms with van der Waals surface area (Å²) in [4.78, 5) is 7.37. The lowest BCUT2D eigenvalue weighted by Crippen LogP contribution is -2.39. The van der Waals surface area contributed by atoms with Crippen LogP contribution in [0.3, 0.4) is 0 Å². The molecule has 3 N–H and O–H groups in total. The van der Waals surface area contributed by atoms with E-state index in [1.807, 2.05) is 0 Å². The summed E-state index contributed by atoms with van der Waals surface area (Å²) >= 11 is 0. The Kier molecular flexibility index (Phi) is 2.92. The third kappa shape index (κ3) is 2.00. The maximum absolute atomic E-state index is 9.46. The van der Waals surface area contributed by atoms with Gasteiger partial charge < -0.3 is 15.3 Å². The van der Waals surface area contributed by atoms with Crippen LogP contribution >= 0.6 is 0 Å². The van der Waals surface area contributed by atoms with Crippen molar-refractivity contribution in [3.05, 3.63) is 24.3 Å². The van der Waals surface area contributed by atoms with Crippen LogP contribution in [0.2, 0.25) is 0 Å². The molecular weight excluding hydrogens is 172 g/mol. The summed E-state index contributed by atoms with van der Waals surface area (Å²) in [5.74, 6) is -2.32. The van der Waals surface area contributed by atoms with Gasteiger partial charge in [0.25, 0.3) is 0 Å². The fourth-order valence-corrected chi connectivity index (χ4v) is 0.944. The summed E-state index contributed by atoms with van der Waals surface area (Å²) in [6.45, 7) is 1.64. The molecule has 0 bridgehead atoms. The molecule has 0 radical (unpaired) electrons. The van der Waals surface area contributed by atoms with Gasteiger partial charge in [0.05, 0.1) is 6.20 Å². The first-order chi connectivity index (χ1) is 6.09. The monoisotopic (exact) mass is 184 g/mol. The molecule has 0 saturated carbocycles. The highest BCUT2D eigenvalue weighted by molar-refractivity contribution is 5.05. The fraction of sp³-hybridized carbons (Fsp3) is 0.500. The highest BCUT2D eigenvalue weighted by atomic mass is 16.5. The molecule has 1 unspecified atom stereocenters. The highest BCUT2D eigenvalue weighted by Gasteiger charge is 2.35. The van der Waals surface area contributed by atoms with Crippen LogP contribution in [0.15, 0.2) is 18.6 Å². The molecule has 5 heteroatoms. The lowest BCUT2D eigenvalue weighted by Gasteiger charge is -2.25. The van der Waals surface area contributed by atoms with E-state index in [0.717, 1.165) is 0 Å². The number of aromatic nitrogens is 2. The second-order valence-electron chi connectivity index (χ2n) is 2.74. The molecule has 72 valence electrons. The number of aliphatic hydroxyl groups excluding tert-OH is 1. The van der Waals surface area contributed by atoms with Crippen LogP contribution in [0.25, 0.3) is 0 Å². The molecular formula is C8H12N2O3. The fourth-order valence-electron chi connectivity index (χ4n) is 0.944. The Morgan fingerprint density at radius 2 is 2.15 bits per heavy atom. The van der Waals surface area contributed by atoms with Gasteiger partial charge in [0.2, 0.25) is 5.79 Å². The van der Waals surface area contributed by atoms with Gasteiger partial charge in [0.15, 0.2) is 0 Å². The third-order valence-electron chi connectivity index (χ3n) is 1.79. The van der Waals surface area contributed by atoms with Crippen LogP contribution in [-0.4, -0.2) is 31.4 Å². The van der Waals surface area contributed by atoms with E-state index in [9.17, 15) is 15.3 Å². The van der Waals surface area contributed by atoms with E-state index >= 15 is 0 Å². The third-order valence-corrected chi connectivity index (χ3v) is 1.79. The molecule has 0 amide bonds. The molecule has 1 aromatic rings. The zero-order valence-corrected chi connectivity index (χ0v) is 7.25. The van der Waals surface area contributed by atoms with Gasteiger partial charge in [-0.05, 0) is 6.42 Å². The molecule has 0 aliphatic carbocycles. The quantitative estimate of drug-likeness (QED) is 0.545. The van der Waals surface area contributed by atoms with Gasteiger partial charge in [-0.15, -0.1) is 0 Å². The zero-order valence-electron chi connectivity index (χ0n) is 7.25. The van der Waals surface area contributed by atoms with Gasteiger partial charge in [-0.1, -0.05) is 6.92 Å². The number of aliphatic hydroxyl groups is 3. The first-order valence-corrected chi connectivity index (χ1v) is 3.98. The Balaban J connectivity index is 2.93. The summed E-state index contributed by atoms with van der Waals surface area (Å²) in [6.07, 6.45) is 2.92. The molecule has 1 atom stereocenters. The van der Waals surface area contributed by atoms with Crippen LogP contribution in [0.5, 0.6) is 0 Å². The van der Waals surface area contributed by atoms with Crippen molar-refractivity contribution in [2.24, 2.45) is 0 Å². The molecule has 5 nitrogen and oxygen atoms in total. The lowest BCUT2D eigenvalue weighted by molar-refractivity contribution is -0.237. The standard InChI is InChI=1S/C8H12N2O3/c1-2-7(11)8(12,13)6-5-9-3-4-10-6/h3-5,7,11-13H,2H2,1H3. The predicted molar refractivity (Wildman–Crippen MR) is 44.4 cm³/mol. The van der Waals surface area contributed by atoms with E-state index < -0.39 is 11.9 Å². The molecule has 13 heavy (non-hydrogen) atoms. The van der Waals surface area contributed by atoms with Crippen molar-refractivity contribution in [3.8, 4) is 0 Å². The van der Waals surface area contributed by atoms with Gasteiger partial charge in [-0.25, -0.2) is 0 Å². The van der Waals surface area contributed by atoms with Gasteiger partial charge in [0.1, 0.15) is 11.8 Å². The Hall–Kier alpha value is -1.04. The van der Waals surface area contributed by atoms with E-state index in [4.69, 9.17) is 0 Å². The molecule has 0 aromatic carbocycles. The normalized spacial score (nSPS) is 14.2. The lowest BCUT2D eigenvalue weighted by atomic mass is 10.1. The van der Waals surface area contributed by atoms with Crippen molar-refractivity contribution in [3.63, 3.8) is 0 Å². The molecule has 1 aromatic heterocycles. The Bertz CT molecular complexity index is 263. The van der Waals surface area contributed by atoms with E-state index in [0.29, 0.717) is 0 Å². The van der Waals surface area contributed by atoms with Crippen LogP contribution in [0.1, 0.15) is 19.0 Å². The topological polar surface area (TPSA) is 86.5 Å². The van der Waals surface area contributed by atoms with Gasteiger partial charge in [0, 0.05) is 12.4 Å². The average Bonchev–Trinajstić information content (AvgIpc) is 2.18. The largest absolute Gasteiger partial charge is 0.387 e. The maximum Gasteiger partial charge on any atom is 0.235 e. The van der Waals surface area contributed by atoms with Crippen LogP contribution in [-0.2, 0) is 5.79 Å². The smallest absolute Gasteiger partial charge is 0.235 e. The van der Waals surface area contributed by atoms with Gasteiger partial charge >= 0.3 is 0 Å². The molecule has 1 heterocycles. The molecule has 0 aliphatic heterocycles. The molecule has 1 rings (SSSR count).